The zero-order chi connectivity index (χ0) is 21.6. The average molecular weight is 419 g/mol. The Kier molecular flexibility index (Phi) is 7.78. The Balaban J connectivity index is 2.27. The van der Waals surface area contributed by atoms with E-state index in [1.54, 1.807) is 45.2 Å². The summed E-state index contributed by atoms with van der Waals surface area (Å²) >= 11 is 1.07. The molecule has 0 radical (unpaired) electrons. The standard InChI is InChI=1S/C21H26N2O5S/c1-6-28-21(26)17-13(4)18(19(25)22-12(2)3)29-20(17)23-16(24)11-14-7-9-15(27-5)10-8-14/h7-10,12H,6,11H2,1-5H3,(H,22,25)(H,23,24). The van der Waals surface area contributed by atoms with Gasteiger partial charge in [-0.15, -0.1) is 11.3 Å². The van der Waals surface area contributed by atoms with Gasteiger partial charge in [0.1, 0.15) is 10.8 Å². The Hall–Kier alpha value is -2.87. The van der Waals surface area contributed by atoms with Crippen LogP contribution in [0.15, 0.2) is 24.3 Å². The molecular weight excluding hydrogens is 392 g/mol. The van der Waals surface area contributed by atoms with Gasteiger partial charge in [-0.1, -0.05) is 12.1 Å². The van der Waals surface area contributed by atoms with Crippen molar-refractivity contribution in [2.45, 2.75) is 40.2 Å². The van der Waals surface area contributed by atoms with E-state index >= 15 is 0 Å². The molecule has 0 aliphatic carbocycles. The molecule has 0 saturated heterocycles. The van der Waals surface area contributed by atoms with Gasteiger partial charge in [0.15, 0.2) is 0 Å². The minimum atomic E-state index is -0.565. The fourth-order valence-corrected chi connectivity index (χ4v) is 3.81. The van der Waals surface area contributed by atoms with Crippen LogP contribution in [-0.2, 0) is 16.0 Å². The van der Waals surface area contributed by atoms with Crippen LogP contribution in [-0.4, -0.2) is 37.5 Å². The van der Waals surface area contributed by atoms with Gasteiger partial charge in [0.2, 0.25) is 5.91 Å². The predicted molar refractivity (Wildman–Crippen MR) is 113 cm³/mol. The number of ether oxygens (including phenoxy) is 2. The van der Waals surface area contributed by atoms with Gasteiger partial charge in [-0.25, -0.2) is 4.79 Å². The largest absolute Gasteiger partial charge is 0.497 e. The topological polar surface area (TPSA) is 93.7 Å². The molecule has 29 heavy (non-hydrogen) atoms. The van der Waals surface area contributed by atoms with E-state index in [-0.39, 0.29) is 36.4 Å². The molecule has 0 fully saturated rings. The average Bonchev–Trinajstić information content (AvgIpc) is 2.98. The minimum Gasteiger partial charge on any atom is -0.497 e. The number of amides is 2. The number of carbonyl (C=O) groups is 3. The van der Waals surface area contributed by atoms with Gasteiger partial charge < -0.3 is 20.1 Å². The Morgan fingerprint density at radius 3 is 2.34 bits per heavy atom. The van der Waals surface area contributed by atoms with Crippen LogP contribution in [0, 0.1) is 6.92 Å². The molecule has 156 valence electrons. The smallest absolute Gasteiger partial charge is 0.341 e. The molecule has 0 aliphatic rings. The second-order valence-corrected chi connectivity index (χ2v) is 7.70. The van der Waals surface area contributed by atoms with Gasteiger partial charge in [0.25, 0.3) is 5.91 Å². The van der Waals surface area contributed by atoms with E-state index in [9.17, 15) is 14.4 Å². The number of hydrogen-bond donors (Lipinski definition) is 2. The number of nitrogens with one attached hydrogen (secondary N) is 2. The molecule has 1 aromatic heterocycles. The third-order valence-electron chi connectivity index (χ3n) is 4.03. The molecule has 0 unspecified atom stereocenters. The fraction of sp³-hybridized carbons (Fsp3) is 0.381. The Labute approximate surface area is 174 Å². The van der Waals surface area contributed by atoms with E-state index in [1.165, 1.54) is 0 Å². The summed E-state index contributed by atoms with van der Waals surface area (Å²) in [6, 6.07) is 7.09. The molecule has 2 N–H and O–H groups in total. The molecule has 2 aromatic rings. The third-order valence-corrected chi connectivity index (χ3v) is 5.24. The molecule has 2 rings (SSSR count). The molecule has 0 saturated carbocycles. The lowest BCUT2D eigenvalue weighted by molar-refractivity contribution is -0.115. The third kappa shape index (κ3) is 5.80. The number of hydrogen-bond acceptors (Lipinski definition) is 6. The van der Waals surface area contributed by atoms with Crippen LogP contribution in [0.5, 0.6) is 5.75 Å². The zero-order valence-corrected chi connectivity index (χ0v) is 18.1. The maximum atomic E-state index is 12.5. The summed E-state index contributed by atoms with van der Waals surface area (Å²) in [5.41, 5.74) is 1.51. The molecule has 7 nitrogen and oxygen atoms in total. The highest BCUT2D eigenvalue weighted by Crippen LogP contribution is 2.34. The van der Waals surface area contributed by atoms with Crippen molar-refractivity contribution in [3.8, 4) is 5.75 Å². The van der Waals surface area contributed by atoms with Gasteiger partial charge in [0.05, 0.1) is 30.6 Å². The Bertz CT molecular complexity index is 887. The first kappa shape index (κ1) is 22.4. The van der Waals surface area contributed by atoms with Crippen LogP contribution in [0.2, 0.25) is 0 Å². The van der Waals surface area contributed by atoms with E-state index in [0.29, 0.717) is 21.2 Å². The van der Waals surface area contributed by atoms with E-state index in [4.69, 9.17) is 9.47 Å². The van der Waals surface area contributed by atoms with Crippen molar-refractivity contribution >= 4 is 34.1 Å². The van der Waals surface area contributed by atoms with E-state index in [1.807, 2.05) is 13.8 Å². The summed E-state index contributed by atoms with van der Waals surface area (Å²) in [4.78, 5) is 37.8. The molecule has 0 spiro atoms. The van der Waals surface area contributed by atoms with Crippen LogP contribution in [0.1, 0.15) is 51.9 Å². The monoisotopic (exact) mass is 418 g/mol. The number of methoxy groups -OCH3 is 1. The molecule has 1 heterocycles. The zero-order valence-electron chi connectivity index (χ0n) is 17.3. The van der Waals surface area contributed by atoms with Crippen LogP contribution in [0.25, 0.3) is 0 Å². The van der Waals surface area contributed by atoms with Crippen molar-refractivity contribution < 1.29 is 23.9 Å². The van der Waals surface area contributed by atoms with Crippen LogP contribution < -0.4 is 15.4 Å². The van der Waals surface area contributed by atoms with Crippen molar-refractivity contribution in [3.63, 3.8) is 0 Å². The Morgan fingerprint density at radius 1 is 1.14 bits per heavy atom. The molecule has 1 aromatic carbocycles. The lowest BCUT2D eigenvalue weighted by Gasteiger charge is -2.08. The van der Waals surface area contributed by atoms with Gasteiger partial charge >= 0.3 is 5.97 Å². The maximum absolute atomic E-state index is 12.5. The normalized spacial score (nSPS) is 10.6. The molecular formula is C21H26N2O5S. The van der Waals surface area contributed by atoms with Crippen molar-refractivity contribution in [2.75, 3.05) is 19.0 Å². The summed E-state index contributed by atoms with van der Waals surface area (Å²) in [7, 11) is 1.57. The number of anilines is 1. The van der Waals surface area contributed by atoms with Gasteiger partial charge in [0, 0.05) is 6.04 Å². The highest BCUT2D eigenvalue weighted by atomic mass is 32.1. The fourth-order valence-electron chi connectivity index (χ4n) is 2.69. The van der Waals surface area contributed by atoms with E-state index in [0.717, 1.165) is 16.9 Å². The molecule has 2 amide bonds. The van der Waals surface area contributed by atoms with Crippen LogP contribution in [0.3, 0.4) is 0 Å². The number of thiophene rings is 1. The molecule has 0 atom stereocenters. The first-order valence-electron chi connectivity index (χ1n) is 9.30. The lowest BCUT2D eigenvalue weighted by Crippen LogP contribution is -2.29. The van der Waals surface area contributed by atoms with Crippen molar-refractivity contribution in [1.82, 2.24) is 5.32 Å². The number of rotatable bonds is 8. The van der Waals surface area contributed by atoms with Gasteiger partial charge in [-0.05, 0) is 51.0 Å². The highest BCUT2D eigenvalue weighted by Gasteiger charge is 2.26. The predicted octanol–water partition coefficient (Wildman–Crippen LogP) is 3.56. The highest BCUT2D eigenvalue weighted by molar-refractivity contribution is 7.18. The number of benzene rings is 1. The number of carbonyl (C=O) groups excluding carboxylic acids is 3. The first-order chi connectivity index (χ1) is 13.8. The molecule has 0 aliphatic heterocycles. The number of esters is 1. The van der Waals surface area contributed by atoms with Gasteiger partial charge in [-0.3, -0.25) is 9.59 Å². The van der Waals surface area contributed by atoms with Crippen molar-refractivity contribution in [3.05, 3.63) is 45.8 Å². The quantitative estimate of drug-likeness (QED) is 0.640. The summed E-state index contributed by atoms with van der Waals surface area (Å²) in [5.74, 6) is -0.445. The summed E-state index contributed by atoms with van der Waals surface area (Å²) in [6.07, 6.45) is 0.122. The SMILES string of the molecule is CCOC(=O)c1c(NC(=O)Cc2ccc(OC)cc2)sc(C(=O)NC(C)C)c1C. The second kappa shape index (κ2) is 10.1. The van der Waals surface area contributed by atoms with Gasteiger partial charge in [-0.2, -0.15) is 0 Å². The minimum absolute atomic E-state index is 0.0526. The van der Waals surface area contributed by atoms with Crippen molar-refractivity contribution in [1.29, 1.82) is 0 Å². The summed E-state index contributed by atoms with van der Waals surface area (Å²) in [5, 5.41) is 5.89. The lowest BCUT2D eigenvalue weighted by atomic mass is 10.1. The van der Waals surface area contributed by atoms with Crippen molar-refractivity contribution in [2.24, 2.45) is 0 Å². The summed E-state index contributed by atoms with van der Waals surface area (Å²) < 4.78 is 10.2. The van der Waals surface area contributed by atoms with E-state index in [2.05, 4.69) is 10.6 Å². The van der Waals surface area contributed by atoms with E-state index < -0.39 is 5.97 Å². The van der Waals surface area contributed by atoms with Crippen LogP contribution >= 0.6 is 11.3 Å². The Morgan fingerprint density at radius 2 is 1.79 bits per heavy atom. The maximum Gasteiger partial charge on any atom is 0.341 e. The summed E-state index contributed by atoms with van der Waals surface area (Å²) in [6.45, 7) is 7.28. The molecule has 8 heteroatoms. The molecule has 0 bridgehead atoms. The van der Waals surface area contributed by atoms with Crippen LogP contribution in [0.4, 0.5) is 5.00 Å². The first-order valence-corrected chi connectivity index (χ1v) is 10.1. The second-order valence-electron chi connectivity index (χ2n) is 6.68.